The number of fused-ring (bicyclic) bond motifs is 1. The molecule has 35 heavy (non-hydrogen) atoms. The second kappa shape index (κ2) is 9.48. The Morgan fingerprint density at radius 1 is 1.06 bits per heavy atom. The fourth-order valence-corrected chi connectivity index (χ4v) is 5.38. The van der Waals surface area contributed by atoms with Gasteiger partial charge in [-0.3, -0.25) is 0 Å². The Morgan fingerprint density at radius 3 is 2.43 bits per heavy atom. The summed E-state index contributed by atoms with van der Waals surface area (Å²) in [7, 11) is 1.74. The quantitative estimate of drug-likeness (QED) is 0.660. The lowest BCUT2D eigenvalue weighted by atomic mass is 9.84. The van der Waals surface area contributed by atoms with E-state index in [4.69, 9.17) is 14.7 Å². The molecule has 0 amide bonds. The number of hydrogen-bond donors (Lipinski definition) is 1. The van der Waals surface area contributed by atoms with Gasteiger partial charge in [-0.2, -0.15) is 5.26 Å². The number of nitrogens with one attached hydrogen (secondary N) is 1. The van der Waals surface area contributed by atoms with Gasteiger partial charge in [0.25, 0.3) is 0 Å². The molecule has 0 saturated carbocycles. The molecule has 5 nitrogen and oxygen atoms in total. The summed E-state index contributed by atoms with van der Waals surface area (Å²) in [5, 5.41) is 12.7. The Kier molecular flexibility index (Phi) is 6.23. The summed E-state index contributed by atoms with van der Waals surface area (Å²) in [6.45, 7) is 8.25. The standard InChI is InChI=1S/C30H31N3O2/c1-19-14-24(12-13-28(19)33-17-20(2)35-21(3)18-33)27-16-32-29-25(6-5-7-26(29)30(27)34-4)23-10-8-22(15-31)9-11-23/h5-14,16,20-21,29,32H,17-18H2,1-4H3/t20-,21+,29?. The van der Waals surface area contributed by atoms with Gasteiger partial charge >= 0.3 is 0 Å². The van der Waals surface area contributed by atoms with E-state index in [2.05, 4.69) is 79.7 Å². The fourth-order valence-electron chi connectivity index (χ4n) is 5.38. The van der Waals surface area contributed by atoms with Crippen molar-refractivity contribution in [1.29, 1.82) is 5.26 Å². The number of allylic oxidation sites excluding steroid dienone is 3. The second-order valence-electron chi connectivity index (χ2n) is 9.48. The maximum atomic E-state index is 9.14. The van der Waals surface area contributed by atoms with Gasteiger partial charge in [-0.05, 0) is 67.3 Å². The van der Waals surface area contributed by atoms with E-state index in [0.717, 1.165) is 46.7 Å². The van der Waals surface area contributed by atoms with Crippen LogP contribution in [-0.4, -0.2) is 38.4 Å². The van der Waals surface area contributed by atoms with Crippen LogP contribution in [0.5, 0.6) is 0 Å². The van der Waals surface area contributed by atoms with Gasteiger partial charge in [0.2, 0.25) is 0 Å². The van der Waals surface area contributed by atoms with E-state index in [-0.39, 0.29) is 18.2 Å². The minimum Gasteiger partial charge on any atom is -0.496 e. The molecule has 2 aliphatic heterocycles. The van der Waals surface area contributed by atoms with Crippen LogP contribution < -0.4 is 10.2 Å². The molecule has 0 aromatic heterocycles. The van der Waals surface area contributed by atoms with Crippen LogP contribution in [-0.2, 0) is 9.47 Å². The SMILES string of the molecule is COC1=C2C=CC=C(c3ccc(C#N)cc3)C2NC=C1c1ccc(N2C[C@@H](C)O[C@@H](C)C2)c(C)c1. The molecule has 3 atom stereocenters. The molecule has 1 unspecified atom stereocenters. The van der Waals surface area contributed by atoms with Crippen LogP contribution in [0.4, 0.5) is 5.69 Å². The first-order valence-electron chi connectivity index (χ1n) is 12.1. The third-order valence-corrected chi connectivity index (χ3v) is 6.89. The van der Waals surface area contributed by atoms with Crippen molar-refractivity contribution in [3.8, 4) is 6.07 Å². The number of nitrogens with zero attached hydrogens (tertiary/aromatic N) is 2. The Bertz CT molecular complexity index is 1280. The normalized spacial score (nSPS) is 23.6. The zero-order valence-electron chi connectivity index (χ0n) is 20.7. The molecule has 1 N–H and O–H groups in total. The minimum absolute atomic E-state index is 0.0108. The molecule has 2 heterocycles. The summed E-state index contributed by atoms with van der Waals surface area (Å²) in [5.74, 6) is 0.880. The summed E-state index contributed by atoms with van der Waals surface area (Å²) < 4.78 is 11.9. The van der Waals surface area contributed by atoms with E-state index in [9.17, 15) is 0 Å². The van der Waals surface area contributed by atoms with E-state index in [1.54, 1.807) is 7.11 Å². The highest BCUT2D eigenvalue weighted by molar-refractivity contribution is 5.86. The summed E-state index contributed by atoms with van der Waals surface area (Å²) in [4.78, 5) is 2.43. The minimum atomic E-state index is -0.0108. The van der Waals surface area contributed by atoms with Crippen LogP contribution in [0.15, 0.2) is 78.2 Å². The average molecular weight is 466 g/mol. The maximum Gasteiger partial charge on any atom is 0.133 e. The number of rotatable bonds is 4. The topological polar surface area (TPSA) is 57.5 Å². The number of benzene rings is 2. The Balaban J connectivity index is 1.44. The highest BCUT2D eigenvalue weighted by atomic mass is 16.5. The number of hydrogen-bond acceptors (Lipinski definition) is 5. The zero-order valence-corrected chi connectivity index (χ0v) is 20.7. The molecule has 1 aliphatic carbocycles. The Labute approximate surface area is 207 Å². The number of anilines is 1. The van der Waals surface area contributed by atoms with Crippen LogP contribution in [0.2, 0.25) is 0 Å². The molecule has 0 radical (unpaired) electrons. The number of ether oxygens (including phenoxy) is 2. The number of nitriles is 1. The molecule has 2 aromatic rings. The van der Waals surface area contributed by atoms with Crippen LogP contribution in [0, 0.1) is 18.3 Å². The number of methoxy groups -OCH3 is 1. The predicted molar refractivity (Wildman–Crippen MR) is 141 cm³/mol. The zero-order chi connectivity index (χ0) is 24.5. The molecule has 5 rings (SSSR count). The Hall–Kier alpha value is -3.75. The first-order valence-corrected chi connectivity index (χ1v) is 12.1. The third-order valence-electron chi connectivity index (χ3n) is 6.89. The molecule has 2 aromatic carbocycles. The first-order chi connectivity index (χ1) is 17.0. The van der Waals surface area contributed by atoms with Crippen molar-refractivity contribution in [3.63, 3.8) is 0 Å². The molecular weight excluding hydrogens is 434 g/mol. The molecule has 0 bridgehead atoms. The fraction of sp³-hybridized carbons (Fsp3) is 0.300. The van der Waals surface area contributed by atoms with Gasteiger partial charge in [0.15, 0.2) is 0 Å². The van der Waals surface area contributed by atoms with Crippen molar-refractivity contribution in [3.05, 3.63) is 100 Å². The molecule has 3 aliphatic rings. The van der Waals surface area contributed by atoms with Crippen LogP contribution >= 0.6 is 0 Å². The number of aryl methyl sites for hydroxylation is 1. The van der Waals surface area contributed by atoms with Gasteiger partial charge in [-0.15, -0.1) is 0 Å². The van der Waals surface area contributed by atoms with Gasteiger partial charge in [-0.1, -0.05) is 36.4 Å². The van der Waals surface area contributed by atoms with Crippen LogP contribution in [0.1, 0.15) is 36.1 Å². The summed E-state index contributed by atoms with van der Waals surface area (Å²) in [6.07, 6.45) is 8.82. The molecule has 1 fully saturated rings. The van der Waals surface area contributed by atoms with Gasteiger partial charge in [0.1, 0.15) is 5.76 Å². The lowest BCUT2D eigenvalue weighted by molar-refractivity contribution is -0.00524. The van der Waals surface area contributed by atoms with Crippen molar-refractivity contribution in [1.82, 2.24) is 5.32 Å². The Morgan fingerprint density at radius 2 is 1.77 bits per heavy atom. The van der Waals surface area contributed by atoms with Gasteiger partial charge in [0, 0.05) is 36.1 Å². The molecule has 1 saturated heterocycles. The molecule has 0 spiro atoms. The van der Waals surface area contributed by atoms with Gasteiger partial charge < -0.3 is 19.7 Å². The molecule has 5 heteroatoms. The van der Waals surface area contributed by atoms with Gasteiger partial charge in [-0.25, -0.2) is 0 Å². The van der Waals surface area contributed by atoms with E-state index >= 15 is 0 Å². The number of morpholine rings is 1. The first kappa shape index (κ1) is 23.0. The van der Waals surface area contributed by atoms with E-state index < -0.39 is 0 Å². The smallest absolute Gasteiger partial charge is 0.133 e. The van der Waals surface area contributed by atoms with Crippen molar-refractivity contribution >= 4 is 16.8 Å². The maximum absolute atomic E-state index is 9.14. The predicted octanol–water partition coefficient (Wildman–Crippen LogP) is 5.35. The lowest BCUT2D eigenvalue weighted by Gasteiger charge is -2.37. The van der Waals surface area contributed by atoms with Crippen molar-refractivity contribution in [2.75, 3.05) is 25.1 Å². The average Bonchev–Trinajstić information content (AvgIpc) is 2.87. The second-order valence-corrected chi connectivity index (χ2v) is 9.48. The molecule has 178 valence electrons. The van der Waals surface area contributed by atoms with Crippen LogP contribution in [0.25, 0.3) is 11.1 Å². The van der Waals surface area contributed by atoms with E-state index in [1.165, 1.54) is 11.3 Å². The summed E-state index contributed by atoms with van der Waals surface area (Å²) in [6, 6.07) is 16.6. The third kappa shape index (κ3) is 4.38. The van der Waals surface area contributed by atoms with Crippen molar-refractivity contribution < 1.29 is 9.47 Å². The monoisotopic (exact) mass is 465 g/mol. The van der Waals surface area contributed by atoms with E-state index in [1.807, 2.05) is 24.3 Å². The van der Waals surface area contributed by atoms with Crippen molar-refractivity contribution in [2.45, 2.75) is 39.0 Å². The van der Waals surface area contributed by atoms with Gasteiger partial charge in [0.05, 0.1) is 37.0 Å². The lowest BCUT2D eigenvalue weighted by Crippen LogP contribution is -2.45. The summed E-state index contributed by atoms with van der Waals surface area (Å²) in [5.41, 5.74) is 8.67. The largest absolute Gasteiger partial charge is 0.496 e. The highest BCUT2D eigenvalue weighted by Gasteiger charge is 2.30. The summed E-state index contributed by atoms with van der Waals surface area (Å²) >= 11 is 0. The highest BCUT2D eigenvalue weighted by Crippen LogP contribution is 2.38. The molecular formula is C30H31N3O2. The number of dihydropyridines is 1. The van der Waals surface area contributed by atoms with E-state index in [0.29, 0.717) is 5.56 Å². The van der Waals surface area contributed by atoms with Crippen molar-refractivity contribution in [2.24, 2.45) is 0 Å². The van der Waals surface area contributed by atoms with Crippen LogP contribution in [0.3, 0.4) is 0 Å².